The van der Waals surface area contributed by atoms with E-state index in [1.54, 1.807) is 0 Å². The number of esters is 1. The molecule has 0 bridgehead atoms. The fourth-order valence-electron chi connectivity index (χ4n) is 1.87. The van der Waals surface area contributed by atoms with Gasteiger partial charge in [0.1, 0.15) is 18.2 Å². The number of nitrogens with zero attached hydrogens (tertiary/aromatic N) is 1. The lowest BCUT2D eigenvalue weighted by molar-refractivity contribution is -0.146. The van der Waals surface area contributed by atoms with Crippen LogP contribution in [0.1, 0.15) is 11.1 Å². The molecule has 0 radical (unpaired) electrons. The Bertz CT molecular complexity index is 863. The van der Waals surface area contributed by atoms with Crippen molar-refractivity contribution in [3.63, 3.8) is 0 Å². The molecule has 0 aliphatic heterocycles. The van der Waals surface area contributed by atoms with Crippen molar-refractivity contribution in [1.29, 1.82) is 0 Å². The molecular formula is C15H9ClF5NO3. The molecule has 0 amide bonds. The van der Waals surface area contributed by atoms with Crippen LogP contribution in [0.25, 0.3) is 0 Å². The first kappa shape index (κ1) is 18.9. The van der Waals surface area contributed by atoms with Crippen LogP contribution in [0.5, 0.6) is 0 Å². The highest BCUT2D eigenvalue weighted by Crippen LogP contribution is 2.29. The Morgan fingerprint density at radius 3 is 2.56 bits per heavy atom. The van der Waals surface area contributed by atoms with Crippen LogP contribution >= 0.6 is 11.6 Å². The fourth-order valence-corrected chi connectivity index (χ4v) is 2.10. The number of rotatable bonds is 4. The lowest BCUT2D eigenvalue weighted by Crippen LogP contribution is -2.27. The zero-order chi connectivity index (χ0) is 18.8. The molecular weight excluding hydrogens is 373 g/mol. The lowest BCUT2D eigenvalue weighted by atomic mass is 10.2. The molecule has 0 unspecified atom stereocenters. The molecule has 0 aliphatic rings. The van der Waals surface area contributed by atoms with Crippen LogP contribution in [0.15, 0.2) is 35.3 Å². The molecule has 25 heavy (non-hydrogen) atoms. The summed E-state index contributed by atoms with van der Waals surface area (Å²) in [6.45, 7) is -1.52. The second-order valence-electron chi connectivity index (χ2n) is 4.88. The van der Waals surface area contributed by atoms with Gasteiger partial charge in [-0.15, -0.1) is 0 Å². The van der Waals surface area contributed by atoms with Crippen LogP contribution in [-0.2, 0) is 28.9 Å². The molecule has 0 saturated heterocycles. The van der Waals surface area contributed by atoms with Gasteiger partial charge >= 0.3 is 12.1 Å². The third-order valence-corrected chi connectivity index (χ3v) is 3.36. The number of alkyl halides is 3. The predicted molar refractivity (Wildman–Crippen MR) is 76.9 cm³/mol. The minimum absolute atomic E-state index is 0.261. The molecule has 0 spiro atoms. The summed E-state index contributed by atoms with van der Waals surface area (Å²) in [5.74, 6) is -3.48. The van der Waals surface area contributed by atoms with E-state index in [4.69, 9.17) is 11.6 Å². The molecule has 1 aromatic heterocycles. The summed E-state index contributed by atoms with van der Waals surface area (Å²) in [5.41, 5.74) is -2.51. The average Bonchev–Trinajstić information content (AvgIpc) is 2.52. The summed E-state index contributed by atoms with van der Waals surface area (Å²) < 4.78 is 69.6. The minimum Gasteiger partial charge on any atom is -0.459 e. The Morgan fingerprint density at radius 2 is 1.92 bits per heavy atom. The van der Waals surface area contributed by atoms with Gasteiger partial charge in [0.05, 0.1) is 5.56 Å². The highest BCUT2D eigenvalue weighted by molar-refractivity contribution is 6.30. The van der Waals surface area contributed by atoms with Crippen molar-refractivity contribution in [3.05, 3.63) is 68.6 Å². The number of aromatic nitrogens is 1. The molecule has 2 aromatic rings. The van der Waals surface area contributed by atoms with E-state index in [1.807, 2.05) is 0 Å². The van der Waals surface area contributed by atoms with E-state index in [-0.39, 0.29) is 5.56 Å². The Balaban J connectivity index is 2.14. The van der Waals surface area contributed by atoms with E-state index < -0.39 is 53.1 Å². The number of carbonyl (C=O) groups is 1. The first-order valence-corrected chi connectivity index (χ1v) is 7.03. The van der Waals surface area contributed by atoms with E-state index in [9.17, 15) is 31.5 Å². The van der Waals surface area contributed by atoms with Crippen LogP contribution in [-0.4, -0.2) is 10.5 Å². The third kappa shape index (κ3) is 4.56. The van der Waals surface area contributed by atoms with Gasteiger partial charge in [-0.2, -0.15) is 13.2 Å². The van der Waals surface area contributed by atoms with Crippen LogP contribution in [0.3, 0.4) is 0 Å². The molecule has 2 rings (SSSR count). The summed E-state index contributed by atoms with van der Waals surface area (Å²) >= 11 is 5.44. The van der Waals surface area contributed by atoms with Gasteiger partial charge in [-0.25, -0.2) is 8.78 Å². The van der Waals surface area contributed by atoms with Crippen molar-refractivity contribution in [1.82, 2.24) is 4.57 Å². The number of pyridine rings is 1. The number of carbonyl (C=O) groups excluding carboxylic acids is 1. The number of ether oxygens (including phenoxy) is 1. The van der Waals surface area contributed by atoms with Gasteiger partial charge in [0.15, 0.2) is 11.6 Å². The molecule has 1 aromatic carbocycles. The molecule has 10 heteroatoms. The van der Waals surface area contributed by atoms with Crippen molar-refractivity contribution in [2.75, 3.05) is 0 Å². The normalized spacial score (nSPS) is 11.4. The number of hydrogen-bond acceptors (Lipinski definition) is 3. The zero-order valence-electron chi connectivity index (χ0n) is 12.2. The quantitative estimate of drug-likeness (QED) is 0.601. The van der Waals surface area contributed by atoms with E-state index in [0.717, 1.165) is 6.07 Å². The van der Waals surface area contributed by atoms with Crippen molar-refractivity contribution >= 4 is 17.6 Å². The van der Waals surface area contributed by atoms with E-state index in [1.165, 1.54) is 12.1 Å². The first-order chi connectivity index (χ1) is 11.6. The monoisotopic (exact) mass is 381 g/mol. The largest absolute Gasteiger partial charge is 0.459 e. The maximum atomic E-state index is 13.4. The summed E-state index contributed by atoms with van der Waals surface area (Å²) in [6.07, 6.45) is -4.36. The zero-order valence-corrected chi connectivity index (χ0v) is 13.0. The van der Waals surface area contributed by atoms with Gasteiger partial charge in [-0.05, 0) is 12.1 Å². The molecule has 134 valence electrons. The van der Waals surface area contributed by atoms with Gasteiger partial charge in [0.25, 0.3) is 5.56 Å². The van der Waals surface area contributed by atoms with Gasteiger partial charge in [0, 0.05) is 11.8 Å². The SMILES string of the molecule is O=C(Cn1cc(C(F)(F)F)cc(Cl)c1=O)OCc1cccc(F)c1F. The summed E-state index contributed by atoms with van der Waals surface area (Å²) in [6, 6.07) is 3.66. The molecule has 0 N–H and O–H groups in total. The lowest BCUT2D eigenvalue weighted by Gasteiger charge is -2.12. The highest BCUT2D eigenvalue weighted by Gasteiger charge is 2.32. The topological polar surface area (TPSA) is 48.3 Å². The van der Waals surface area contributed by atoms with Crippen molar-refractivity contribution in [3.8, 4) is 0 Å². The molecule has 0 fully saturated rings. The standard InChI is InChI=1S/C15H9ClF5NO3/c16-10-4-9(15(19,20)21)5-22(14(10)24)6-12(23)25-7-8-2-1-3-11(17)13(8)18/h1-5H,6-7H2. The second kappa shape index (κ2) is 7.22. The van der Waals surface area contributed by atoms with E-state index in [2.05, 4.69) is 4.74 Å². The maximum absolute atomic E-state index is 13.4. The first-order valence-electron chi connectivity index (χ1n) is 6.65. The predicted octanol–water partition coefficient (Wildman–Crippen LogP) is 3.54. The second-order valence-corrected chi connectivity index (χ2v) is 5.29. The van der Waals surface area contributed by atoms with Crippen LogP contribution in [0, 0.1) is 11.6 Å². The Morgan fingerprint density at radius 1 is 1.24 bits per heavy atom. The van der Waals surface area contributed by atoms with Crippen LogP contribution in [0.2, 0.25) is 5.02 Å². The Labute approximate surface area is 142 Å². The number of hydrogen-bond donors (Lipinski definition) is 0. The van der Waals surface area contributed by atoms with Gasteiger partial charge in [0.2, 0.25) is 0 Å². The molecule has 0 atom stereocenters. The maximum Gasteiger partial charge on any atom is 0.417 e. The van der Waals surface area contributed by atoms with Gasteiger partial charge in [-0.1, -0.05) is 23.7 Å². The summed E-state index contributed by atoms with van der Waals surface area (Å²) in [7, 11) is 0. The smallest absolute Gasteiger partial charge is 0.417 e. The molecule has 1 heterocycles. The number of benzene rings is 1. The van der Waals surface area contributed by atoms with E-state index >= 15 is 0 Å². The van der Waals surface area contributed by atoms with Gasteiger partial charge < -0.3 is 9.30 Å². The third-order valence-electron chi connectivity index (χ3n) is 3.09. The van der Waals surface area contributed by atoms with Crippen molar-refractivity contribution in [2.45, 2.75) is 19.3 Å². The Kier molecular flexibility index (Phi) is 5.46. The van der Waals surface area contributed by atoms with Crippen LogP contribution in [0.4, 0.5) is 22.0 Å². The van der Waals surface area contributed by atoms with Crippen LogP contribution < -0.4 is 5.56 Å². The number of halogens is 6. The average molecular weight is 382 g/mol. The summed E-state index contributed by atoms with van der Waals surface area (Å²) in [4.78, 5) is 23.4. The highest BCUT2D eigenvalue weighted by atomic mass is 35.5. The fraction of sp³-hybridized carbons (Fsp3) is 0.200. The Hall–Kier alpha value is -2.42. The molecule has 0 aliphatic carbocycles. The minimum atomic E-state index is -4.77. The molecule has 4 nitrogen and oxygen atoms in total. The van der Waals surface area contributed by atoms with Crippen molar-refractivity contribution in [2.24, 2.45) is 0 Å². The van der Waals surface area contributed by atoms with Crippen molar-refractivity contribution < 1.29 is 31.5 Å². The van der Waals surface area contributed by atoms with Gasteiger partial charge in [-0.3, -0.25) is 9.59 Å². The molecule has 0 saturated carbocycles. The summed E-state index contributed by atoms with van der Waals surface area (Å²) in [5, 5.41) is -0.723. The van der Waals surface area contributed by atoms with E-state index in [0.29, 0.717) is 16.8 Å².